The van der Waals surface area contributed by atoms with Gasteiger partial charge in [-0.15, -0.1) is 0 Å². The molecule has 1 aromatic rings. The Bertz CT molecular complexity index is 406. The van der Waals surface area contributed by atoms with E-state index in [4.69, 9.17) is 0 Å². The van der Waals surface area contributed by atoms with E-state index in [0.717, 1.165) is 15.7 Å². The van der Waals surface area contributed by atoms with Gasteiger partial charge in [-0.05, 0) is 34.5 Å². The fourth-order valence-corrected chi connectivity index (χ4v) is 2.24. The van der Waals surface area contributed by atoms with Gasteiger partial charge in [-0.1, -0.05) is 12.1 Å². The fourth-order valence-electron chi connectivity index (χ4n) is 1.76. The van der Waals surface area contributed by atoms with E-state index < -0.39 is 6.10 Å². The van der Waals surface area contributed by atoms with Gasteiger partial charge in [0.1, 0.15) is 0 Å². The van der Waals surface area contributed by atoms with Crippen molar-refractivity contribution in [2.45, 2.75) is 19.4 Å². The summed E-state index contributed by atoms with van der Waals surface area (Å²) in [7, 11) is 0. The second kappa shape index (κ2) is 3.94. The number of amides is 1. The van der Waals surface area contributed by atoms with Gasteiger partial charge in [0.15, 0.2) is 0 Å². The van der Waals surface area contributed by atoms with Crippen molar-refractivity contribution in [2.24, 2.45) is 0 Å². The Morgan fingerprint density at radius 2 is 2.27 bits per heavy atom. The third-order valence-corrected chi connectivity index (χ3v) is 3.60. The highest BCUT2D eigenvalue weighted by Gasteiger charge is 2.30. The standard InChI is InChI=1S/C11H12BrNO2/c1-7-3-2-4-9(11(7)12)13-6-8(14)5-10(13)15/h2-4,8,14H,5-6H2,1H3. The number of carbonyl (C=O) groups is 1. The van der Waals surface area contributed by atoms with Crippen molar-refractivity contribution >= 4 is 27.5 Å². The predicted molar refractivity (Wildman–Crippen MR) is 61.9 cm³/mol. The largest absolute Gasteiger partial charge is 0.391 e. The van der Waals surface area contributed by atoms with Gasteiger partial charge in [0.2, 0.25) is 5.91 Å². The molecular formula is C11H12BrNO2. The maximum Gasteiger partial charge on any atom is 0.229 e. The Hall–Kier alpha value is -0.870. The number of aliphatic hydroxyl groups is 1. The zero-order chi connectivity index (χ0) is 11.0. The number of hydrogen-bond donors (Lipinski definition) is 1. The molecule has 1 aromatic carbocycles. The Labute approximate surface area is 96.8 Å². The number of nitrogens with zero attached hydrogens (tertiary/aromatic N) is 1. The van der Waals surface area contributed by atoms with E-state index in [1.54, 1.807) is 4.90 Å². The van der Waals surface area contributed by atoms with Crippen LogP contribution in [0.15, 0.2) is 22.7 Å². The lowest BCUT2D eigenvalue weighted by molar-refractivity contribution is -0.117. The first-order chi connectivity index (χ1) is 7.09. The third-order valence-electron chi connectivity index (χ3n) is 2.57. The summed E-state index contributed by atoms with van der Waals surface area (Å²) >= 11 is 3.46. The molecular weight excluding hydrogens is 258 g/mol. The molecule has 1 unspecified atom stereocenters. The molecule has 1 fully saturated rings. The first-order valence-corrected chi connectivity index (χ1v) is 5.62. The van der Waals surface area contributed by atoms with Gasteiger partial charge in [-0.25, -0.2) is 0 Å². The van der Waals surface area contributed by atoms with Crippen LogP contribution >= 0.6 is 15.9 Å². The van der Waals surface area contributed by atoms with Crippen LogP contribution in [0, 0.1) is 6.92 Å². The number of rotatable bonds is 1. The molecule has 80 valence electrons. The Morgan fingerprint density at radius 3 is 2.87 bits per heavy atom. The minimum absolute atomic E-state index is 0.0196. The van der Waals surface area contributed by atoms with Crippen LogP contribution in [0.1, 0.15) is 12.0 Å². The summed E-state index contributed by atoms with van der Waals surface area (Å²) in [4.78, 5) is 13.2. The van der Waals surface area contributed by atoms with Crippen LogP contribution in [-0.2, 0) is 4.79 Å². The van der Waals surface area contributed by atoms with Crippen molar-refractivity contribution in [2.75, 3.05) is 11.4 Å². The zero-order valence-electron chi connectivity index (χ0n) is 8.40. The van der Waals surface area contributed by atoms with Crippen LogP contribution in [0.25, 0.3) is 0 Å². The van der Waals surface area contributed by atoms with Crippen LogP contribution in [0.5, 0.6) is 0 Å². The molecule has 15 heavy (non-hydrogen) atoms. The Morgan fingerprint density at radius 1 is 1.53 bits per heavy atom. The van der Waals surface area contributed by atoms with Crippen molar-refractivity contribution in [3.05, 3.63) is 28.2 Å². The zero-order valence-corrected chi connectivity index (χ0v) is 9.99. The van der Waals surface area contributed by atoms with Crippen molar-refractivity contribution in [3.8, 4) is 0 Å². The molecule has 0 bridgehead atoms. The summed E-state index contributed by atoms with van der Waals surface area (Å²) in [6.45, 7) is 2.37. The lowest BCUT2D eigenvalue weighted by Gasteiger charge is -2.18. The number of halogens is 1. The monoisotopic (exact) mass is 269 g/mol. The average Bonchev–Trinajstić information content (AvgIpc) is 2.50. The van der Waals surface area contributed by atoms with E-state index in [1.807, 2.05) is 25.1 Å². The number of aliphatic hydroxyl groups excluding tert-OH is 1. The van der Waals surface area contributed by atoms with Crippen LogP contribution in [0.4, 0.5) is 5.69 Å². The number of hydrogen-bond acceptors (Lipinski definition) is 2. The van der Waals surface area contributed by atoms with Gasteiger partial charge in [0.05, 0.1) is 24.8 Å². The number of benzene rings is 1. The number of carbonyl (C=O) groups excluding carboxylic acids is 1. The molecule has 2 rings (SSSR count). The topological polar surface area (TPSA) is 40.5 Å². The van der Waals surface area contributed by atoms with Crippen molar-refractivity contribution in [1.29, 1.82) is 0 Å². The van der Waals surface area contributed by atoms with E-state index in [-0.39, 0.29) is 12.3 Å². The summed E-state index contributed by atoms with van der Waals surface area (Å²) in [6, 6.07) is 5.77. The van der Waals surface area contributed by atoms with E-state index in [2.05, 4.69) is 15.9 Å². The molecule has 1 heterocycles. The van der Waals surface area contributed by atoms with E-state index in [0.29, 0.717) is 6.54 Å². The van der Waals surface area contributed by atoms with E-state index in [9.17, 15) is 9.90 Å². The lowest BCUT2D eigenvalue weighted by Crippen LogP contribution is -2.25. The van der Waals surface area contributed by atoms with Gasteiger partial charge < -0.3 is 10.0 Å². The normalized spacial score (nSPS) is 21.1. The molecule has 1 amide bonds. The summed E-state index contributed by atoms with van der Waals surface area (Å²) in [5, 5.41) is 9.41. The van der Waals surface area contributed by atoms with Gasteiger partial charge in [-0.3, -0.25) is 4.79 Å². The molecule has 1 aliphatic rings. The molecule has 0 saturated carbocycles. The van der Waals surface area contributed by atoms with Crippen LogP contribution in [0.2, 0.25) is 0 Å². The molecule has 0 spiro atoms. The highest BCUT2D eigenvalue weighted by molar-refractivity contribution is 9.10. The molecule has 1 N–H and O–H groups in total. The lowest BCUT2D eigenvalue weighted by atomic mass is 10.2. The minimum Gasteiger partial charge on any atom is -0.391 e. The third kappa shape index (κ3) is 1.92. The van der Waals surface area contributed by atoms with Crippen molar-refractivity contribution in [3.63, 3.8) is 0 Å². The van der Waals surface area contributed by atoms with Crippen LogP contribution in [0.3, 0.4) is 0 Å². The number of aryl methyl sites for hydroxylation is 1. The number of anilines is 1. The molecule has 0 aromatic heterocycles. The maximum atomic E-state index is 11.6. The molecule has 1 atom stereocenters. The van der Waals surface area contributed by atoms with Crippen LogP contribution in [-0.4, -0.2) is 23.7 Å². The molecule has 0 aliphatic carbocycles. The molecule has 1 saturated heterocycles. The van der Waals surface area contributed by atoms with E-state index in [1.165, 1.54) is 0 Å². The van der Waals surface area contributed by atoms with Gasteiger partial charge in [0, 0.05) is 4.47 Å². The van der Waals surface area contributed by atoms with Gasteiger partial charge in [-0.2, -0.15) is 0 Å². The second-order valence-corrected chi connectivity index (χ2v) is 4.56. The van der Waals surface area contributed by atoms with Crippen molar-refractivity contribution < 1.29 is 9.90 Å². The Balaban J connectivity index is 2.38. The van der Waals surface area contributed by atoms with Crippen LogP contribution < -0.4 is 4.90 Å². The number of β-amino-alcohol motifs (C(OH)–C–C–N with tert-alkyl or cyclic N) is 1. The van der Waals surface area contributed by atoms with Gasteiger partial charge >= 0.3 is 0 Å². The molecule has 3 nitrogen and oxygen atoms in total. The minimum atomic E-state index is -0.537. The first kappa shape index (κ1) is 10.6. The quantitative estimate of drug-likeness (QED) is 0.846. The SMILES string of the molecule is Cc1cccc(N2CC(O)CC2=O)c1Br. The first-order valence-electron chi connectivity index (χ1n) is 4.83. The summed E-state index contributed by atoms with van der Waals surface area (Å²) in [5.41, 5.74) is 1.93. The molecule has 0 radical (unpaired) electrons. The summed E-state index contributed by atoms with van der Waals surface area (Å²) in [6.07, 6.45) is -0.315. The summed E-state index contributed by atoms with van der Waals surface area (Å²) < 4.78 is 0.924. The molecule has 4 heteroatoms. The van der Waals surface area contributed by atoms with Gasteiger partial charge in [0.25, 0.3) is 0 Å². The van der Waals surface area contributed by atoms with E-state index >= 15 is 0 Å². The predicted octanol–water partition coefficient (Wildman–Crippen LogP) is 1.86. The smallest absolute Gasteiger partial charge is 0.229 e. The van der Waals surface area contributed by atoms with Crippen molar-refractivity contribution in [1.82, 2.24) is 0 Å². The fraction of sp³-hybridized carbons (Fsp3) is 0.364. The highest BCUT2D eigenvalue weighted by atomic mass is 79.9. The molecule has 1 aliphatic heterocycles. The maximum absolute atomic E-state index is 11.6. The second-order valence-electron chi connectivity index (χ2n) is 3.77. The highest BCUT2D eigenvalue weighted by Crippen LogP contribution is 2.31. The Kier molecular flexibility index (Phi) is 2.80. The average molecular weight is 270 g/mol. The summed E-state index contributed by atoms with van der Waals surface area (Å²) in [5.74, 6) is -0.0196.